The smallest absolute Gasteiger partial charge is 0.280 e. The zero-order chi connectivity index (χ0) is 23.5. The molecule has 0 amide bonds. The minimum atomic E-state index is -3.69. The summed E-state index contributed by atoms with van der Waals surface area (Å²) in [6.07, 6.45) is 6.52. The van der Waals surface area contributed by atoms with Gasteiger partial charge in [0.1, 0.15) is 0 Å². The molecule has 0 radical (unpaired) electrons. The normalized spacial score (nSPS) is 26.4. The molecule has 1 saturated carbocycles. The van der Waals surface area contributed by atoms with Crippen LogP contribution >= 0.6 is 0 Å². The molecule has 2 aliphatic carbocycles. The summed E-state index contributed by atoms with van der Waals surface area (Å²) in [6.45, 7) is 5.76. The Bertz CT molecular complexity index is 1290. The minimum absolute atomic E-state index is 0.0404. The maximum absolute atomic E-state index is 12.8. The fourth-order valence-electron chi connectivity index (χ4n) is 6.87. The van der Waals surface area contributed by atoms with E-state index in [4.69, 9.17) is 0 Å². The van der Waals surface area contributed by atoms with Crippen LogP contribution in [0.4, 0.5) is 5.69 Å². The number of aryl methyl sites for hydroxylation is 1. The number of benzene rings is 2. The summed E-state index contributed by atoms with van der Waals surface area (Å²) in [5.74, 6) is 2.04. The third-order valence-corrected chi connectivity index (χ3v) is 9.72. The number of anilines is 1. The summed E-state index contributed by atoms with van der Waals surface area (Å²) in [5.41, 5.74) is 5.11. The lowest BCUT2D eigenvalue weighted by Gasteiger charge is -2.28. The third-order valence-electron chi connectivity index (χ3n) is 8.46. The molecule has 6 rings (SSSR count). The molecule has 2 fully saturated rings. The Kier molecular flexibility index (Phi) is 5.12. The quantitative estimate of drug-likeness (QED) is 0.563. The Labute approximate surface area is 202 Å². The number of imidazole rings is 1. The molecule has 1 saturated heterocycles. The molecule has 3 aliphatic rings. The Morgan fingerprint density at radius 1 is 1.06 bits per heavy atom. The molecular formula is C27H32N4O2S. The van der Waals surface area contributed by atoms with Gasteiger partial charge in [-0.15, -0.1) is 0 Å². The molecular weight excluding hydrogens is 444 g/mol. The van der Waals surface area contributed by atoms with Gasteiger partial charge in [-0.05, 0) is 65.8 Å². The molecule has 2 unspecified atom stereocenters. The number of hydrogen-bond donors (Lipinski definition) is 1. The molecule has 1 aliphatic heterocycles. The second-order valence-electron chi connectivity index (χ2n) is 10.4. The van der Waals surface area contributed by atoms with Gasteiger partial charge in [-0.3, -0.25) is 4.72 Å². The lowest BCUT2D eigenvalue weighted by atomic mass is 9.87. The highest BCUT2D eigenvalue weighted by atomic mass is 32.2. The van der Waals surface area contributed by atoms with Crippen molar-refractivity contribution in [2.45, 2.75) is 36.6 Å². The molecule has 2 atom stereocenters. The molecule has 7 heteroatoms. The van der Waals surface area contributed by atoms with E-state index in [0.717, 1.165) is 25.4 Å². The van der Waals surface area contributed by atoms with Crippen LogP contribution in [0.2, 0.25) is 0 Å². The first-order valence-electron chi connectivity index (χ1n) is 12.3. The fourth-order valence-corrected chi connectivity index (χ4v) is 7.91. The molecule has 1 N–H and O–H groups in total. The number of sulfonamides is 1. The van der Waals surface area contributed by atoms with Gasteiger partial charge in [0.05, 0.1) is 6.33 Å². The Hall–Kier alpha value is -2.64. The highest BCUT2D eigenvalue weighted by Crippen LogP contribution is 2.65. The van der Waals surface area contributed by atoms with E-state index in [-0.39, 0.29) is 10.4 Å². The monoisotopic (exact) mass is 476 g/mol. The van der Waals surface area contributed by atoms with Gasteiger partial charge < -0.3 is 9.47 Å². The summed E-state index contributed by atoms with van der Waals surface area (Å²) in [6, 6.07) is 16.9. The van der Waals surface area contributed by atoms with E-state index in [1.807, 2.05) is 18.2 Å². The van der Waals surface area contributed by atoms with E-state index in [2.05, 4.69) is 51.9 Å². The van der Waals surface area contributed by atoms with Gasteiger partial charge >= 0.3 is 0 Å². The number of fused-ring (bicyclic) bond motifs is 2. The number of nitrogens with zero attached hydrogens (tertiary/aromatic N) is 3. The summed E-state index contributed by atoms with van der Waals surface area (Å²) in [4.78, 5) is 6.67. The number of likely N-dealkylation sites (tertiary alicyclic amines) is 1. The van der Waals surface area contributed by atoms with Crippen molar-refractivity contribution in [3.63, 3.8) is 0 Å². The van der Waals surface area contributed by atoms with Crippen LogP contribution in [0, 0.1) is 17.8 Å². The Morgan fingerprint density at radius 3 is 2.38 bits per heavy atom. The lowest BCUT2D eigenvalue weighted by Crippen LogP contribution is -2.34. The van der Waals surface area contributed by atoms with Crippen LogP contribution in [-0.4, -0.2) is 42.5 Å². The second kappa shape index (κ2) is 7.95. The average Bonchev–Trinajstić information content (AvgIpc) is 3.28. The topological polar surface area (TPSA) is 67.2 Å². The number of piperidine rings is 1. The number of rotatable bonds is 7. The van der Waals surface area contributed by atoms with Crippen molar-refractivity contribution in [3.05, 3.63) is 77.7 Å². The summed E-state index contributed by atoms with van der Waals surface area (Å²) in [5, 5.41) is 0.0404. The van der Waals surface area contributed by atoms with Crippen LogP contribution in [-0.2, 0) is 35.3 Å². The molecule has 2 heterocycles. The predicted octanol–water partition coefficient (Wildman–Crippen LogP) is 3.85. The number of hydrogen-bond acceptors (Lipinski definition) is 4. The zero-order valence-electron chi connectivity index (χ0n) is 19.8. The van der Waals surface area contributed by atoms with Crippen molar-refractivity contribution in [2.24, 2.45) is 24.8 Å². The second-order valence-corrected chi connectivity index (χ2v) is 12.1. The van der Waals surface area contributed by atoms with Crippen molar-refractivity contribution >= 4 is 15.7 Å². The van der Waals surface area contributed by atoms with E-state index in [0.29, 0.717) is 17.5 Å². The third kappa shape index (κ3) is 3.57. The summed E-state index contributed by atoms with van der Waals surface area (Å²) >= 11 is 0. The molecule has 2 aromatic carbocycles. The zero-order valence-corrected chi connectivity index (χ0v) is 20.6. The highest BCUT2D eigenvalue weighted by molar-refractivity contribution is 7.92. The van der Waals surface area contributed by atoms with E-state index in [1.165, 1.54) is 48.6 Å². The van der Waals surface area contributed by atoms with Gasteiger partial charge in [0, 0.05) is 44.0 Å². The Balaban J connectivity index is 1.13. The van der Waals surface area contributed by atoms with E-state index in [1.54, 1.807) is 11.6 Å². The van der Waals surface area contributed by atoms with Crippen molar-refractivity contribution < 1.29 is 8.42 Å². The van der Waals surface area contributed by atoms with Crippen molar-refractivity contribution in [2.75, 3.05) is 24.4 Å². The van der Waals surface area contributed by atoms with Crippen molar-refractivity contribution in [1.82, 2.24) is 14.5 Å². The molecule has 3 aromatic rings. The maximum Gasteiger partial charge on any atom is 0.280 e. The van der Waals surface area contributed by atoms with Crippen molar-refractivity contribution in [1.29, 1.82) is 0 Å². The van der Waals surface area contributed by atoms with Gasteiger partial charge in [0.25, 0.3) is 10.0 Å². The molecule has 0 bridgehead atoms. The minimum Gasteiger partial charge on any atom is -0.339 e. The Morgan fingerprint density at radius 2 is 1.76 bits per heavy atom. The van der Waals surface area contributed by atoms with E-state index in [9.17, 15) is 8.42 Å². The van der Waals surface area contributed by atoms with Gasteiger partial charge in [0.15, 0.2) is 5.03 Å². The van der Waals surface area contributed by atoms with Crippen molar-refractivity contribution in [3.8, 4) is 0 Å². The summed E-state index contributed by atoms with van der Waals surface area (Å²) < 4.78 is 29.9. The average molecular weight is 477 g/mol. The van der Waals surface area contributed by atoms with Gasteiger partial charge in [-0.2, -0.15) is 8.42 Å². The van der Waals surface area contributed by atoms with Crippen LogP contribution in [0.1, 0.15) is 30.0 Å². The maximum atomic E-state index is 12.8. The molecule has 34 heavy (non-hydrogen) atoms. The molecule has 178 valence electrons. The predicted molar refractivity (Wildman–Crippen MR) is 133 cm³/mol. The van der Waals surface area contributed by atoms with Crippen LogP contribution in [0.3, 0.4) is 0 Å². The van der Waals surface area contributed by atoms with Crippen LogP contribution in [0.5, 0.6) is 0 Å². The largest absolute Gasteiger partial charge is 0.339 e. The van der Waals surface area contributed by atoms with Crippen LogP contribution < -0.4 is 4.72 Å². The lowest BCUT2D eigenvalue weighted by molar-refractivity contribution is 0.233. The number of nitrogens with one attached hydrogen (secondary N) is 1. The first-order chi connectivity index (χ1) is 16.4. The number of aromatic nitrogens is 2. The standard InChI is InChI=1S/C27H32N4O2S/c1-3-27(22-9-6-10-23(13-22)29-34(32,33)26-17-30(2)18-28-26)24-15-31(16-25(24)27)14-19-11-20-7-4-5-8-21(20)12-19/h4-10,13,17-19,24-25,29H,3,11-12,14-16H2,1-2H3. The van der Waals surface area contributed by atoms with Gasteiger partial charge in [-0.1, -0.05) is 43.3 Å². The van der Waals surface area contributed by atoms with Crippen LogP contribution in [0.25, 0.3) is 0 Å². The molecule has 1 aromatic heterocycles. The SMILES string of the molecule is CCC1(c2cccc(NS(=O)(=O)c3cn(C)cn3)c2)C2CN(CC3Cc4ccccc4C3)CC21. The highest BCUT2D eigenvalue weighted by Gasteiger charge is 2.67. The van der Waals surface area contributed by atoms with Gasteiger partial charge in [0.2, 0.25) is 0 Å². The van der Waals surface area contributed by atoms with Gasteiger partial charge in [-0.25, -0.2) is 4.98 Å². The fraction of sp³-hybridized carbons (Fsp3) is 0.444. The summed E-state index contributed by atoms with van der Waals surface area (Å²) in [7, 11) is -1.93. The van der Waals surface area contributed by atoms with E-state index < -0.39 is 10.0 Å². The van der Waals surface area contributed by atoms with E-state index >= 15 is 0 Å². The first kappa shape index (κ1) is 21.9. The first-order valence-corrected chi connectivity index (χ1v) is 13.8. The van der Waals surface area contributed by atoms with Crippen LogP contribution in [0.15, 0.2) is 66.1 Å². The molecule has 0 spiro atoms. The molecule has 6 nitrogen and oxygen atoms in total.